The van der Waals surface area contributed by atoms with E-state index in [4.69, 9.17) is 4.74 Å². The molecule has 2 amide bonds. The Kier molecular flexibility index (Phi) is 15.7. The highest BCUT2D eigenvalue weighted by molar-refractivity contribution is 7.99. The van der Waals surface area contributed by atoms with Gasteiger partial charge in [0.25, 0.3) is 25.8 Å². The monoisotopic (exact) mass is 1080 g/mol. The summed E-state index contributed by atoms with van der Waals surface area (Å²) in [5, 5.41) is 5.84. The summed E-state index contributed by atoms with van der Waals surface area (Å²) in [5.74, 6) is -0.771. The number of sulfone groups is 1. The Hall–Kier alpha value is -4.44. The lowest BCUT2D eigenvalue weighted by molar-refractivity contribution is -0.250. The van der Waals surface area contributed by atoms with Crippen LogP contribution < -0.4 is 20.3 Å². The first kappa shape index (κ1) is 54.8. The van der Waals surface area contributed by atoms with Gasteiger partial charge in [0.2, 0.25) is 6.43 Å². The molecule has 9 rings (SSSR count). The fraction of sp³-hybridized carbons (Fsp3) is 0.577. The van der Waals surface area contributed by atoms with Gasteiger partial charge < -0.3 is 25.2 Å². The van der Waals surface area contributed by atoms with Crippen molar-refractivity contribution in [3.63, 3.8) is 0 Å². The first-order valence-corrected chi connectivity index (χ1v) is 28.9. The zero-order valence-electron chi connectivity index (χ0n) is 42.0. The highest BCUT2D eigenvalue weighted by atomic mass is 32.2. The number of alkyl halides is 5. The van der Waals surface area contributed by atoms with E-state index in [1.807, 2.05) is 35.1 Å². The van der Waals surface area contributed by atoms with Gasteiger partial charge in [-0.2, -0.15) is 13.2 Å². The number of hydrogen-bond acceptors (Lipinski definition) is 12. The zero-order valence-corrected chi connectivity index (χ0v) is 44.4. The molecule has 2 atom stereocenters. The number of amides is 2. The van der Waals surface area contributed by atoms with Gasteiger partial charge in [0.05, 0.1) is 10.6 Å². The minimum atomic E-state index is -6.13. The fourth-order valence-corrected chi connectivity index (χ4v) is 14.2. The second-order valence-corrected chi connectivity index (χ2v) is 27.1. The van der Waals surface area contributed by atoms with Gasteiger partial charge in [-0.15, -0.1) is 11.8 Å². The Morgan fingerprint density at radius 2 is 1.55 bits per heavy atom. The maximum Gasteiger partial charge on any atom is 0.501 e. The first-order chi connectivity index (χ1) is 34.1. The summed E-state index contributed by atoms with van der Waals surface area (Å²) in [6.07, 6.45) is 2.93. The van der Waals surface area contributed by atoms with Crippen LogP contribution in [0.5, 0.6) is 0 Å². The third kappa shape index (κ3) is 12.6. The second-order valence-electron chi connectivity index (χ2n) is 22.4. The molecule has 0 aromatic heterocycles. The van der Waals surface area contributed by atoms with Crippen LogP contribution in [0.2, 0.25) is 0 Å². The SMILES string of the molecule is CC1(C)CCC(CN2CCN(c3ccc(C(=O)NS(=O)(=O)c4ccc(N[C@H](CCN5CC[C@@H](NC(=O)OC(C)(C)C)C5)CSc5ccccc5)c(S(=O)(=O)C(F)(F)F)c4)cc3)CC2)=C(C23CC(C(F)F)(C2)C3)C1. The first-order valence-electron chi connectivity index (χ1n) is 24.9. The molecule has 2 bridgehead atoms. The van der Waals surface area contributed by atoms with E-state index in [9.17, 15) is 48.4 Å². The number of piperazine rings is 1. The molecule has 4 aliphatic carbocycles. The number of carbonyl (C=O) groups is 2. The molecule has 400 valence electrons. The summed E-state index contributed by atoms with van der Waals surface area (Å²) in [6, 6.07) is 17.0. The number of allylic oxidation sites excluding steroid dienone is 1. The number of anilines is 2. The molecule has 2 heterocycles. The summed E-state index contributed by atoms with van der Waals surface area (Å²) in [7, 11) is -11.0. The molecule has 3 aromatic carbocycles. The number of thioether (sulfide) groups is 1. The smallest absolute Gasteiger partial charge is 0.444 e. The number of nitrogens with one attached hydrogen (secondary N) is 3. The molecule has 2 saturated heterocycles. The number of alkyl carbamates (subject to hydrolysis) is 1. The van der Waals surface area contributed by atoms with Crippen LogP contribution in [0.1, 0.15) is 96.3 Å². The number of hydrogen-bond donors (Lipinski definition) is 3. The van der Waals surface area contributed by atoms with E-state index in [0.717, 1.165) is 61.6 Å². The average molecular weight is 1080 g/mol. The number of likely N-dealkylation sites (tertiary alicyclic amines) is 1. The Morgan fingerprint density at radius 1 is 0.877 bits per heavy atom. The molecular formula is C52H67F5N6O7S3. The quantitative estimate of drug-likeness (QED) is 0.0631. The van der Waals surface area contributed by atoms with Crippen molar-refractivity contribution < 1.29 is 53.1 Å². The van der Waals surface area contributed by atoms with Crippen LogP contribution in [0.15, 0.2) is 98.6 Å². The van der Waals surface area contributed by atoms with Gasteiger partial charge in [0.15, 0.2) is 0 Å². The highest BCUT2D eigenvalue weighted by Gasteiger charge is 2.73. The van der Waals surface area contributed by atoms with Crippen LogP contribution in [-0.4, -0.2) is 126 Å². The van der Waals surface area contributed by atoms with Crippen molar-refractivity contribution in [1.82, 2.24) is 19.8 Å². The molecule has 0 unspecified atom stereocenters. The maximum atomic E-state index is 14.3. The summed E-state index contributed by atoms with van der Waals surface area (Å²) in [6.45, 7) is 15.1. The molecule has 0 spiro atoms. The lowest BCUT2D eigenvalue weighted by atomic mass is 9.32. The van der Waals surface area contributed by atoms with E-state index in [0.29, 0.717) is 76.6 Å². The number of rotatable bonds is 18. The van der Waals surface area contributed by atoms with Gasteiger partial charge >= 0.3 is 11.6 Å². The Balaban J connectivity index is 0.911. The zero-order chi connectivity index (χ0) is 52.8. The molecule has 21 heteroatoms. The lowest BCUT2D eigenvalue weighted by Gasteiger charge is -2.72. The number of ether oxygens (including phenoxy) is 1. The molecule has 13 nitrogen and oxygen atoms in total. The van der Waals surface area contributed by atoms with Gasteiger partial charge in [0.1, 0.15) is 10.5 Å². The molecule has 73 heavy (non-hydrogen) atoms. The third-order valence-corrected chi connectivity index (χ3v) is 19.1. The number of nitrogens with zero attached hydrogens (tertiary/aromatic N) is 3. The molecule has 3 aromatic rings. The summed E-state index contributed by atoms with van der Waals surface area (Å²) < 4.78 is 132. The second kappa shape index (κ2) is 20.9. The van der Waals surface area contributed by atoms with Crippen LogP contribution in [0.4, 0.5) is 38.1 Å². The van der Waals surface area contributed by atoms with Gasteiger partial charge in [0, 0.05) is 91.8 Å². The van der Waals surface area contributed by atoms with Crippen molar-refractivity contribution in [2.75, 3.05) is 68.3 Å². The van der Waals surface area contributed by atoms with Gasteiger partial charge in [-0.3, -0.25) is 9.69 Å². The van der Waals surface area contributed by atoms with Crippen LogP contribution in [0.25, 0.3) is 0 Å². The highest BCUT2D eigenvalue weighted by Crippen LogP contribution is 2.79. The van der Waals surface area contributed by atoms with Crippen molar-refractivity contribution >= 4 is 55.0 Å². The van der Waals surface area contributed by atoms with Crippen LogP contribution in [0, 0.1) is 16.2 Å². The molecule has 5 fully saturated rings. The summed E-state index contributed by atoms with van der Waals surface area (Å²) in [4.78, 5) is 31.2. The summed E-state index contributed by atoms with van der Waals surface area (Å²) >= 11 is 1.40. The number of carbonyl (C=O) groups excluding carboxylic acids is 2. The minimum Gasteiger partial charge on any atom is -0.444 e. The normalized spacial score (nSPS) is 24.2. The van der Waals surface area contributed by atoms with Gasteiger partial charge in [-0.05, 0) is 138 Å². The van der Waals surface area contributed by atoms with Gasteiger partial charge in [-0.1, -0.05) is 43.2 Å². The standard InChI is InChI=1S/C52H67F5N6O7S3/c1-48(2,3)70-47(65)59-37-18-21-61(30-37)22-19-38(31-71-40-9-7-6-8-10-40)58-43-16-15-41(27-44(43)72(66,67)52(55,56)57)73(68,69)60-45(64)35-11-13-39(14-12-35)63-25-23-62(24-26-63)29-36-17-20-49(4,5)28-42(36)50-32-51(33-50,34-50)46(53)54/h6-16,27,37-38,46,58H,17-26,28-34H2,1-5H3,(H,59,65)(H,60,64)/t37-,38-,50?,51?/m1/s1. The van der Waals surface area contributed by atoms with E-state index in [2.05, 4.69) is 39.2 Å². The van der Waals surface area contributed by atoms with Crippen molar-refractivity contribution in [2.24, 2.45) is 16.2 Å². The van der Waals surface area contributed by atoms with Crippen LogP contribution >= 0.6 is 11.8 Å². The summed E-state index contributed by atoms with van der Waals surface area (Å²) in [5.41, 5.74) is -4.05. The molecule has 6 aliphatic rings. The predicted molar refractivity (Wildman–Crippen MR) is 272 cm³/mol. The lowest BCUT2D eigenvalue weighted by Crippen LogP contribution is -2.66. The Morgan fingerprint density at radius 3 is 2.18 bits per heavy atom. The van der Waals surface area contributed by atoms with E-state index in [-0.39, 0.29) is 22.4 Å². The maximum absolute atomic E-state index is 14.3. The Bertz CT molecular complexity index is 2740. The average Bonchev–Trinajstić information content (AvgIpc) is 3.73. The third-order valence-electron chi connectivity index (χ3n) is 15.1. The van der Waals surface area contributed by atoms with E-state index >= 15 is 0 Å². The van der Waals surface area contributed by atoms with E-state index in [1.165, 1.54) is 35.0 Å². The fourth-order valence-electron chi connectivity index (χ4n) is 11.2. The number of halogens is 5. The van der Waals surface area contributed by atoms with Crippen molar-refractivity contribution in [2.45, 2.75) is 130 Å². The van der Waals surface area contributed by atoms with Gasteiger partial charge in [-0.25, -0.2) is 35.1 Å². The number of benzene rings is 3. The number of sulfonamides is 1. The molecule has 2 aliphatic heterocycles. The van der Waals surface area contributed by atoms with Crippen molar-refractivity contribution in [1.29, 1.82) is 0 Å². The molecule has 3 N–H and O–H groups in total. The topological polar surface area (TPSA) is 157 Å². The molecule has 0 radical (unpaired) electrons. The van der Waals surface area contributed by atoms with Crippen LogP contribution in [-0.2, 0) is 24.6 Å². The Labute approximate surface area is 430 Å². The van der Waals surface area contributed by atoms with Crippen molar-refractivity contribution in [3.05, 3.63) is 89.5 Å². The predicted octanol–water partition coefficient (Wildman–Crippen LogP) is 9.72. The molecular weight excluding hydrogens is 1010 g/mol. The van der Waals surface area contributed by atoms with E-state index < -0.39 is 76.3 Å². The van der Waals surface area contributed by atoms with Crippen LogP contribution in [0.3, 0.4) is 0 Å². The minimum absolute atomic E-state index is 0.0435. The largest absolute Gasteiger partial charge is 0.501 e. The van der Waals surface area contributed by atoms with Crippen molar-refractivity contribution in [3.8, 4) is 0 Å². The molecule has 3 saturated carbocycles. The van der Waals surface area contributed by atoms with E-state index in [1.54, 1.807) is 32.9 Å².